The first-order chi connectivity index (χ1) is 9.83. The predicted molar refractivity (Wildman–Crippen MR) is 79.5 cm³/mol. The van der Waals surface area contributed by atoms with Crippen LogP contribution in [-0.4, -0.2) is 16.7 Å². The van der Waals surface area contributed by atoms with Gasteiger partial charge in [-0.25, -0.2) is 4.39 Å². The zero-order valence-electron chi connectivity index (χ0n) is 13.0. The summed E-state index contributed by atoms with van der Waals surface area (Å²) in [7, 11) is 0. The van der Waals surface area contributed by atoms with Crippen molar-refractivity contribution in [2.45, 2.75) is 44.9 Å². The molecule has 1 aromatic carbocycles. The fraction of sp³-hybridized carbons (Fsp3) is 0.500. The fourth-order valence-corrected chi connectivity index (χ4v) is 2.10. The van der Waals surface area contributed by atoms with E-state index in [9.17, 15) is 4.39 Å². The Kier molecular flexibility index (Phi) is 4.14. The molecule has 0 spiro atoms. The first kappa shape index (κ1) is 15.6. The van der Waals surface area contributed by atoms with Gasteiger partial charge in [-0.3, -0.25) is 0 Å². The topological polar surface area (TPSA) is 64.9 Å². The SMILES string of the molecule is CCC(C)(CN)c1nc(C(C)(C)c2ccc(F)cc2)no1. The van der Waals surface area contributed by atoms with Crippen LogP contribution in [0.5, 0.6) is 0 Å². The molecule has 4 nitrogen and oxygen atoms in total. The van der Waals surface area contributed by atoms with Crippen LogP contribution in [0.25, 0.3) is 0 Å². The molecule has 0 radical (unpaired) electrons. The van der Waals surface area contributed by atoms with Crippen LogP contribution < -0.4 is 5.73 Å². The van der Waals surface area contributed by atoms with E-state index in [-0.39, 0.29) is 11.2 Å². The third kappa shape index (κ3) is 2.83. The molecule has 2 aromatic rings. The lowest BCUT2D eigenvalue weighted by atomic mass is 9.83. The van der Waals surface area contributed by atoms with Crippen LogP contribution in [0.2, 0.25) is 0 Å². The van der Waals surface area contributed by atoms with Gasteiger partial charge in [0, 0.05) is 6.54 Å². The van der Waals surface area contributed by atoms with Crippen LogP contribution >= 0.6 is 0 Å². The second kappa shape index (κ2) is 5.56. The van der Waals surface area contributed by atoms with Crippen molar-refractivity contribution in [3.05, 3.63) is 47.4 Å². The van der Waals surface area contributed by atoms with Crippen LogP contribution in [0.1, 0.15) is 51.4 Å². The normalized spacial score (nSPS) is 15.0. The quantitative estimate of drug-likeness (QED) is 0.919. The monoisotopic (exact) mass is 291 g/mol. The molecule has 2 rings (SSSR count). The third-order valence-electron chi connectivity index (χ3n) is 4.30. The molecule has 0 saturated carbocycles. The molecule has 1 unspecified atom stereocenters. The fourth-order valence-electron chi connectivity index (χ4n) is 2.10. The second-order valence-corrected chi connectivity index (χ2v) is 6.17. The van der Waals surface area contributed by atoms with Crippen LogP contribution in [-0.2, 0) is 10.8 Å². The maximum Gasteiger partial charge on any atom is 0.233 e. The van der Waals surface area contributed by atoms with Crippen LogP contribution in [0, 0.1) is 5.82 Å². The van der Waals surface area contributed by atoms with E-state index in [2.05, 4.69) is 10.1 Å². The summed E-state index contributed by atoms with van der Waals surface area (Å²) in [6.07, 6.45) is 0.822. The summed E-state index contributed by atoms with van der Waals surface area (Å²) < 4.78 is 18.5. The van der Waals surface area contributed by atoms with Crippen molar-refractivity contribution in [3.8, 4) is 0 Å². The largest absolute Gasteiger partial charge is 0.339 e. The molecule has 0 amide bonds. The Morgan fingerprint density at radius 1 is 1.19 bits per heavy atom. The van der Waals surface area contributed by atoms with Crippen molar-refractivity contribution in [1.82, 2.24) is 10.1 Å². The molecule has 114 valence electrons. The molecule has 1 aromatic heterocycles. The van der Waals surface area contributed by atoms with Gasteiger partial charge >= 0.3 is 0 Å². The Morgan fingerprint density at radius 2 is 1.81 bits per heavy atom. The first-order valence-corrected chi connectivity index (χ1v) is 7.14. The number of halogens is 1. The molecule has 0 bridgehead atoms. The van der Waals surface area contributed by atoms with Gasteiger partial charge in [-0.15, -0.1) is 0 Å². The highest BCUT2D eigenvalue weighted by molar-refractivity contribution is 5.30. The molecule has 0 aliphatic carbocycles. The lowest BCUT2D eigenvalue weighted by Gasteiger charge is -2.22. The van der Waals surface area contributed by atoms with E-state index < -0.39 is 5.41 Å². The Bertz CT molecular complexity index is 600. The lowest BCUT2D eigenvalue weighted by Crippen LogP contribution is -2.31. The van der Waals surface area contributed by atoms with Crippen molar-refractivity contribution < 1.29 is 8.91 Å². The van der Waals surface area contributed by atoms with Gasteiger partial charge in [-0.05, 0) is 44.9 Å². The minimum atomic E-state index is -0.460. The lowest BCUT2D eigenvalue weighted by molar-refractivity contribution is 0.287. The van der Waals surface area contributed by atoms with Gasteiger partial charge < -0.3 is 10.3 Å². The number of hydrogen-bond donors (Lipinski definition) is 1. The average Bonchev–Trinajstić information content (AvgIpc) is 2.98. The predicted octanol–water partition coefficient (Wildman–Crippen LogP) is 3.16. The smallest absolute Gasteiger partial charge is 0.233 e. The van der Waals surface area contributed by atoms with Gasteiger partial charge in [0.2, 0.25) is 5.89 Å². The standard InChI is InChI=1S/C16H22FN3O/c1-5-16(4,10-18)14-19-13(20-21-14)15(2,3)11-6-8-12(17)9-7-11/h6-9H,5,10,18H2,1-4H3. The van der Waals surface area contributed by atoms with E-state index in [1.165, 1.54) is 12.1 Å². The number of hydrogen-bond acceptors (Lipinski definition) is 4. The summed E-state index contributed by atoms with van der Waals surface area (Å²) in [5.74, 6) is 0.875. The molecule has 21 heavy (non-hydrogen) atoms. The van der Waals surface area contributed by atoms with Gasteiger partial charge in [0.1, 0.15) is 5.82 Å². The molecule has 1 heterocycles. The number of nitrogens with zero attached hydrogens (tertiary/aromatic N) is 2. The van der Waals surface area contributed by atoms with E-state index in [0.29, 0.717) is 18.3 Å². The molecule has 0 saturated heterocycles. The summed E-state index contributed by atoms with van der Waals surface area (Å²) in [5, 5.41) is 4.11. The van der Waals surface area contributed by atoms with E-state index in [1.54, 1.807) is 12.1 Å². The summed E-state index contributed by atoms with van der Waals surface area (Å²) in [6, 6.07) is 6.36. The molecular formula is C16H22FN3O. The number of rotatable bonds is 5. The Balaban J connectivity index is 2.38. The van der Waals surface area contributed by atoms with Crippen LogP contribution in [0.15, 0.2) is 28.8 Å². The van der Waals surface area contributed by atoms with Crippen molar-refractivity contribution >= 4 is 0 Å². The zero-order chi connectivity index (χ0) is 15.7. The highest BCUT2D eigenvalue weighted by Crippen LogP contribution is 2.32. The minimum absolute atomic E-state index is 0.259. The molecule has 5 heteroatoms. The molecule has 1 atom stereocenters. The average molecular weight is 291 g/mol. The van der Waals surface area contributed by atoms with Gasteiger partial charge in [-0.2, -0.15) is 4.98 Å². The van der Waals surface area contributed by atoms with E-state index in [1.807, 2.05) is 27.7 Å². The molecule has 0 aliphatic rings. The number of benzene rings is 1. The Morgan fingerprint density at radius 3 is 2.33 bits per heavy atom. The molecule has 2 N–H and O–H groups in total. The van der Waals surface area contributed by atoms with Crippen molar-refractivity contribution in [2.24, 2.45) is 5.73 Å². The molecular weight excluding hydrogens is 269 g/mol. The molecule has 0 aliphatic heterocycles. The summed E-state index contributed by atoms with van der Waals surface area (Å²) >= 11 is 0. The van der Waals surface area contributed by atoms with Gasteiger partial charge in [0.15, 0.2) is 5.82 Å². The van der Waals surface area contributed by atoms with E-state index in [4.69, 9.17) is 10.3 Å². The van der Waals surface area contributed by atoms with Gasteiger partial charge in [0.05, 0.1) is 10.8 Å². The first-order valence-electron chi connectivity index (χ1n) is 7.14. The van der Waals surface area contributed by atoms with Crippen molar-refractivity contribution in [1.29, 1.82) is 0 Å². The minimum Gasteiger partial charge on any atom is -0.339 e. The van der Waals surface area contributed by atoms with Gasteiger partial charge in [-0.1, -0.05) is 24.2 Å². The van der Waals surface area contributed by atoms with Crippen molar-refractivity contribution in [2.75, 3.05) is 6.54 Å². The number of aromatic nitrogens is 2. The highest BCUT2D eigenvalue weighted by atomic mass is 19.1. The Labute approximate surface area is 124 Å². The van der Waals surface area contributed by atoms with Crippen molar-refractivity contribution in [3.63, 3.8) is 0 Å². The van der Waals surface area contributed by atoms with E-state index >= 15 is 0 Å². The zero-order valence-corrected chi connectivity index (χ0v) is 13.0. The summed E-state index contributed by atoms with van der Waals surface area (Å²) in [4.78, 5) is 4.54. The van der Waals surface area contributed by atoms with Crippen LogP contribution in [0.3, 0.4) is 0 Å². The maximum atomic E-state index is 13.1. The van der Waals surface area contributed by atoms with E-state index in [0.717, 1.165) is 12.0 Å². The van der Waals surface area contributed by atoms with Crippen LogP contribution in [0.4, 0.5) is 4.39 Å². The third-order valence-corrected chi connectivity index (χ3v) is 4.30. The Hall–Kier alpha value is -1.75. The summed E-state index contributed by atoms with van der Waals surface area (Å²) in [5.41, 5.74) is 5.98. The maximum absolute atomic E-state index is 13.1. The molecule has 0 fully saturated rings. The highest BCUT2D eigenvalue weighted by Gasteiger charge is 2.34. The summed E-state index contributed by atoms with van der Waals surface area (Å²) in [6.45, 7) is 8.47. The number of nitrogens with two attached hydrogens (primary N) is 1. The second-order valence-electron chi connectivity index (χ2n) is 6.17. The van der Waals surface area contributed by atoms with Gasteiger partial charge in [0.25, 0.3) is 0 Å².